The van der Waals surface area contributed by atoms with Crippen LogP contribution in [0.5, 0.6) is 0 Å². The predicted octanol–water partition coefficient (Wildman–Crippen LogP) is 7.27. The van der Waals surface area contributed by atoms with E-state index in [-0.39, 0.29) is 0 Å². The van der Waals surface area contributed by atoms with Gasteiger partial charge in [0.1, 0.15) is 0 Å². The zero-order chi connectivity index (χ0) is 22.3. The average Bonchev–Trinajstić information content (AvgIpc) is 2.88. The molecule has 0 aromatic heterocycles. The Bertz CT molecular complexity index is 1010. The summed E-state index contributed by atoms with van der Waals surface area (Å²) < 4.78 is 0. The van der Waals surface area contributed by atoms with Crippen molar-refractivity contribution in [2.45, 2.75) is 39.0 Å². The molecular weight excluding hydrogens is 471 g/mol. The molecule has 164 valence electrons. The molecule has 4 rings (SSSR count). The van der Waals surface area contributed by atoms with Gasteiger partial charge in [-0.1, -0.05) is 0 Å². The minimum atomic E-state index is -3.08. The second kappa shape index (κ2) is 10.2. The maximum absolute atomic E-state index is 4.55. The Morgan fingerprint density at radius 1 is 0.500 bits per heavy atom. The molecule has 0 aliphatic rings. The summed E-state index contributed by atoms with van der Waals surface area (Å²) >= 11 is 4.55. The molecule has 0 fully saturated rings. The molecule has 0 nitrogen and oxygen atoms in total. The van der Waals surface area contributed by atoms with Crippen LogP contribution in [0.4, 0.5) is 0 Å². The van der Waals surface area contributed by atoms with Gasteiger partial charge in [0, 0.05) is 0 Å². The van der Waals surface area contributed by atoms with E-state index in [0.29, 0.717) is 0 Å². The molecule has 32 heavy (non-hydrogen) atoms. The molecule has 0 atom stereocenters. The van der Waals surface area contributed by atoms with Crippen molar-refractivity contribution in [3.8, 4) is 0 Å². The van der Waals surface area contributed by atoms with Crippen LogP contribution in [0.1, 0.15) is 38.2 Å². The molecule has 0 saturated heterocycles. The number of rotatable bonds is 9. The first kappa shape index (κ1) is 23.0. The first-order valence-corrected chi connectivity index (χ1v) is 15.9. The van der Waals surface area contributed by atoms with E-state index in [0.717, 1.165) is 6.42 Å². The van der Waals surface area contributed by atoms with Crippen molar-refractivity contribution in [2.24, 2.45) is 0 Å². The van der Waals surface area contributed by atoms with Gasteiger partial charge in [-0.15, -0.1) is 0 Å². The molecule has 4 aromatic carbocycles. The molecule has 0 aliphatic carbocycles. The van der Waals surface area contributed by atoms with Crippen LogP contribution in [0.3, 0.4) is 0 Å². The Balaban J connectivity index is 1.93. The van der Waals surface area contributed by atoms with E-state index in [1.165, 1.54) is 52.5 Å². The SMILES string of the molecule is CCCCCCc1ccc(P(Br)(c2ccccc2)(c2ccccc2)c2ccccc2)cc1. The van der Waals surface area contributed by atoms with Gasteiger partial charge in [-0.05, 0) is 0 Å². The quantitative estimate of drug-likeness (QED) is 0.166. The molecular formula is C30H32BrP. The summed E-state index contributed by atoms with van der Waals surface area (Å²) in [4.78, 5) is 0. The molecule has 0 bridgehead atoms. The second-order valence-corrected chi connectivity index (χ2v) is 16.8. The van der Waals surface area contributed by atoms with E-state index in [4.69, 9.17) is 0 Å². The van der Waals surface area contributed by atoms with Gasteiger partial charge in [0.05, 0.1) is 0 Å². The number of unbranched alkanes of at least 4 members (excludes halogenated alkanes) is 3. The first-order valence-electron chi connectivity index (χ1n) is 11.7. The standard InChI is InChI=1S/C30H32BrP/c1-2-3-4-8-15-26-22-24-30(25-23-26)32(31,27-16-9-5-10-17-27,28-18-11-6-12-19-28)29-20-13-7-14-21-29/h5-7,9-14,16-25H,2-4,8,15H2,1H3. The third-order valence-corrected chi connectivity index (χ3v) is 16.4. The van der Waals surface area contributed by atoms with Crippen molar-refractivity contribution < 1.29 is 0 Å². The van der Waals surface area contributed by atoms with Crippen LogP contribution >= 0.6 is 20.8 Å². The molecule has 0 amide bonds. The Kier molecular flexibility index (Phi) is 7.29. The van der Waals surface area contributed by atoms with Crippen LogP contribution in [-0.4, -0.2) is 0 Å². The molecule has 0 saturated carbocycles. The topological polar surface area (TPSA) is 0 Å². The minimum absolute atomic E-state index is 1.15. The van der Waals surface area contributed by atoms with Gasteiger partial charge in [0.2, 0.25) is 0 Å². The van der Waals surface area contributed by atoms with Crippen LogP contribution < -0.4 is 21.2 Å². The fourth-order valence-electron chi connectivity index (χ4n) is 4.72. The summed E-state index contributed by atoms with van der Waals surface area (Å²) in [5.41, 5.74) is 1.43. The third-order valence-electron chi connectivity index (χ3n) is 6.46. The van der Waals surface area contributed by atoms with Crippen molar-refractivity contribution in [3.05, 3.63) is 121 Å². The molecule has 0 radical (unpaired) electrons. The third kappa shape index (κ3) is 4.09. The Hall–Kier alpha value is -2.21. The first-order chi connectivity index (χ1) is 15.7. The Morgan fingerprint density at radius 2 is 0.906 bits per heavy atom. The molecule has 4 aromatic rings. The van der Waals surface area contributed by atoms with Gasteiger partial charge in [0.25, 0.3) is 0 Å². The van der Waals surface area contributed by atoms with Gasteiger partial charge in [-0.25, -0.2) is 0 Å². The summed E-state index contributed by atoms with van der Waals surface area (Å²) in [6.45, 7) is 2.27. The number of aryl methyl sites for hydroxylation is 1. The normalized spacial score (nSPS) is 12.8. The number of hydrogen-bond donors (Lipinski definition) is 0. The van der Waals surface area contributed by atoms with Gasteiger partial charge in [-0.2, -0.15) is 0 Å². The van der Waals surface area contributed by atoms with Crippen LogP contribution in [0.15, 0.2) is 115 Å². The van der Waals surface area contributed by atoms with E-state index >= 15 is 0 Å². The van der Waals surface area contributed by atoms with E-state index in [9.17, 15) is 0 Å². The molecule has 0 unspecified atom stereocenters. The fraction of sp³-hybridized carbons (Fsp3) is 0.200. The van der Waals surface area contributed by atoms with Crippen LogP contribution in [0.25, 0.3) is 0 Å². The van der Waals surface area contributed by atoms with Gasteiger partial charge in [0.15, 0.2) is 0 Å². The van der Waals surface area contributed by atoms with Crippen molar-refractivity contribution in [1.29, 1.82) is 0 Å². The van der Waals surface area contributed by atoms with Gasteiger partial charge in [-0.3, -0.25) is 0 Å². The van der Waals surface area contributed by atoms with Crippen LogP contribution in [-0.2, 0) is 6.42 Å². The van der Waals surface area contributed by atoms with Gasteiger partial charge < -0.3 is 0 Å². The monoisotopic (exact) mass is 502 g/mol. The van der Waals surface area contributed by atoms with Crippen molar-refractivity contribution >= 4 is 42.0 Å². The summed E-state index contributed by atoms with van der Waals surface area (Å²) in [7, 11) is 0. The molecule has 0 spiro atoms. The van der Waals surface area contributed by atoms with E-state index in [2.05, 4.69) is 138 Å². The van der Waals surface area contributed by atoms with Crippen LogP contribution in [0, 0.1) is 0 Å². The second-order valence-electron chi connectivity index (χ2n) is 8.49. The van der Waals surface area contributed by atoms with Crippen molar-refractivity contribution in [3.63, 3.8) is 0 Å². The zero-order valence-corrected chi connectivity index (χ0v) is 21.3. The van der Waals surface area contributed by atoms with E-state index in [1.807, 2.05) is 0 Å². The summed E-state index contributed by atoms with van der Waals surface area (Å²) in [5, 5.41) is 2.25. The average molecular weight is 503 g/mol. The Morgan fingerprint density at radius 3 is 1.31 bits per heavy atom. The molecule has 0 heterocycles. The molecule has 0 aliphatic heterocycles. The van der Waals surface area contributed by atoms with Crippen molar-refractivity contribution in [2.75, 3.05) is 0 Å². The summed E-state index contributed by atoms with van der Waals surface area (Å²) in [5.74, 6) is 0. The Labute approximate surface area is 201 Å². The summed E-state index contributed by atoms with van der Waals surface area (Å²) in [6.07, 6.45) is 6.34. The van der Waals surface area contributed by atoms with Crippen LogP contribution in [0.2, 0.25) is 0 Å². The number of benzene rings is 4. The molecule has 2 heteroatoms. The fourth-order valence-corrected chi connectivity index (χ4v) is 12.2. The zero-order valence-electron chi connectivity index (χ0n) is 18.8. The van der Waals surface area contributed by atoms with Crippen molar-refractivity contribution in [1.82, 2.24) is 0 Å². The maximum atomic E-state index is 4.55. The van der Waals surface area contributed by atoms with E-state index < -0.39 is 5.31 Å². The number of hydrogen-bond acceptors (Lipinski definition) is 0. The number of halogens is 1. The van der Waals surface area contributed by atoms with Gasteiger partial charge >= 0.3 is 202 Å². The predicted molar refractivity (Wildman–Crippen MR) is 148 cm³/mol. The summed E-state index contributed by atoms with van der Waals surface area (Å²) in [6, 6.07) is 42.4. The van der Waals surface area contributed by atoms with E-state index in [1.54, 1.807) is 0 Å². The molecule has 0 N–H and O–H groups in total.